The Kier molecular flexibility index (Phi) is 7.09. The maximum absolute atomic E-state index is 11.8. The number of benzene rings is 2. The first-order valence-corrected chi connectivity index (χ1v) is 14.5. The van der Waals surface area contributed by atoms with Crippen LogP contribution in [-0.2, 0) is 10.0 Å². The molecule has 1 aliphatic heterocycles. The molecule has 196 valence electrons. The molecule has 0 saturated carbocycles. The highest BCUT2D eigenvalue weighted by Gasteiger charge is 2.42. The fraction of sp³-hybridized carbons (Fsp3) is 0.214. The van der Waals surface area contributed by atoms with E-state index < -0.39 is 10.0 Å². The molecule has 0 radical (unpaired) electrons. The van der Waals surface area contributed by atoms with Gasteiger partial charge in [-0.3, -0.25) is 9.71 Å². The fourth-order valence-corrected chi connectivity index (χ4v) is 5.76. The summed E-state index contributed by atoms with van der Waals surface area (Å²) >= 11 is 5.87. The normalized spacial score (nSPS) is 17.3. The summed E-state index contributed by atoms with van der Waals surface area (Å²) in [5, 5.41) is 4.05. The molecule has 0 spiro atoms. The highest BCUT2D eigenvalue weighted by molar-refractivity contribution is 7.92. The summed E-state index contributed by atoms with van der Waals surface area (Å²) in [6, 6.07) is 23.1. The van der Waals surface area contributed by atoms with Crippen LogP contribution < -0.4 is 19.7 Å². The van der Waals surface area contributed by atoms with Crippen molar-refractivity contribution in [3.05, 3.63) is 102 Å². The Morgan fingerprint density at radius 3 is 2.47 bits per heavy atom. The molecule has 2 aromatic heterocycles. The number of thiocarbonyl (C=S) groups is 1. The van der Waals surface area contributed by atoms with Crippen LogP contribution in [0.15, 0.2) is 85.2 Å². The zero-order valence-electron chi connectivity index (χ0n) is 21.3. The minimum absolute atomic E-state index is 0.214. The molecule has 2 aromatic carbocycles. The molecule has 10 heteroatoms. The quantitative estimate of drug-likeness (QED) is 0.296. The Hall–Kier alpha value is -3.89. The zero-order valence-corrected chi connectivity index (χ0v) is 23.0. The van der Waals surface area contributed by atoms with Crippen LogP contribution in [0.4, 0.5) is 11.4 Å². The maximum atomic E-state index is 11.8. The van der Waals surface area contributed by atoms with Gasteiger partial charge in [0.15, 0.2) is 5.11 Å². The van der Waals surface area contributed by atoms with E-state index in [1.54, 1.807) is 12.3 Å². The summed E-state index contributed by atoms with van der Waals surface area (Å²) in [6.07, 6.45) is 4.95. The lowest BCUT2D eigenvalue weighted by Gasteiger charge is -2.29. The molecule has 1 saturated heterocycles. The number of hydrogen-bond acceptors (Lipinski definition) is 5. The average molecular weight is 548 g/mol. The van der Waals surface area contributed by atoms with Crippen molar-refractivity contribution in [2.24, 2.45) is 0 Å². The molecule has 3 heterocycles. The number of anilines is 2. The fourth-order valence-electron chi connectivity index (χ4n) is 4.79. The van der Waals surface area contributed by atoms with Crippen LogP contribution in [0.1, 0.15) is 36.0 Å². The van der Waals surface area contributed by atoms with Gasteiger partial charge in [-0.2, -0.15) is 0 Å². The second-order valence-electron chi connectivity index (χ2n) is 9.10. The summed E-state index contributed by atoms with van der Waals surface area (Å²) in [5.74, 6) is 0.819. The van der Waals surface area contributed by atoms with Gasteiger partial charge in [0.25, 0.3) is 0 Å². The number of sulfonamides is 1. The van der Waals surface area contributed by atoms with Crippen molar-refractivity contribution in [1.29, 1.82) is 0 Å². The lowest BCUT2D eigenvalue weighted by molar-refractivity contribution is 0.340. The Morgan fingerprint density at radius 1 is 1.05 bits per heavy atom. The first-order valence-electron chi connectivity index (χ1n) is 12.2. The third kappa shape index (κ3) is 5.23. The van der Waals surface area contributed by atoms with Gasteiger partial charge in [-0.05, 0) is 98.4 Å². The molecule has 2 atom stereocenters. The van der Waals surface area contributed by atoms with Gasteiger partial charge in [-0.1, -0.05) is 6.07 Å². The number of rotatable bonds is 8. The van der Waals surface area contributed by atoms with Crippen molar-refractivity contribution >= 4 is 38.7 Å². The van der Waals surface area contributed by atoms with Crippen molar-refractivity contribution in [2.45, 2.75) is 25.9 Å². The lowest BCUT2D eigenvalue weighted by atomic mass is 10.0. The number of nitrogens with one attached hydrogen (secondary N) is 2. The minimum atomic E-state index is -3.40. The van der Waals surface area contributed by atoms with Gasteiger partial charge < -0.3 is 19.5 Å². The Balaban J connectivity index is 1.60. The van der Waals surface area contributed by atoms with Gasteiger partial charge in [0.1, 0.15) is 11.8 Å². The molecule has 8 nitrogen and oxygen atoms in total. The molecular weight excluding hydrogens is 518 g/mol. The summed E-state index contributed by atoms with van der Waals surface area (Å²) in [4.78, 5) is 6.71. The van der Waals surface area contributed by atoms with Gasteiger partial charge >= 0.3 is 0 Å². The summed E-state index contributed by atoms with van der Waals surface area (Å²) in [6.45, 7) is 4.45. The molecule has 0 aliphatic carbocycles. The number of ether oxygens (including phenoxy) is 1. The van der Waals surface area contributed by atoms with Crippen molar-refractivity contribution in [3.8, 4) is 11.4 Å². The molecule has 0 bridgehead atoms. The van der Waals surface area contributed by atoms with E-state index in [-0.39, 0.29) is 12.1 Å². The number of aryl methyl sites for hydroxylation is 1. The van der Waals surface area contributed by atoms with Gasteiger partial charge in [0.05, 0.1) is 30.3 Å². The van der Waals surface area contributed by atoms with E-state index in [9.17, 15) is 8.42 Å². The van der Waals surface area contributed by atoms with Gasteiger partial charge in [0.2, 0.25) is 10.0 Å². The molecular formula is C28H29N5O3S2. The predicted molar refractivity (Wildman–Crippen MR) is 155 cm³/mol. The van der Waals surface area contributed by atoms with E-state index in [1.807, 2.05) is 80.7 Å². The predicted octanol–water partition coefficient (Wildman–Crippen LogP) is 5.13. The van der Waals surface area contributed by atoms with E-state index in [0.29, 0.717) is 17.4 Å². The molecule has 1 fully saturated rings. The molecule has 5 rings (SSSR count). The largest absolute Gasteiger partial charge is 0.494 e. The molecule has 38 heavy (non-hydrogen) atoms. The van der Waals surface area contributed by atoms with E-state index in [2.05, 4.69) is 30.6 Å². The summed E-state index contributed by atoms with van der Waals surface area (Å²) in [5.41, 5.74) is 5.06. The van der Waals surface area contributed by atoms with Crippen LogP contribution >= 0.6 is 12.2 Å². The highest BCUT2D eigenvalue weighted by atomic mass is 32.2. The Labute approximate surface area is 228 Å². The van der Waals surface area contributed by atoms with Gasteiger partial charge in [-0.25, -0.2) is 8.42 Å². The zero-order chi connectivity index (χ0) is 26.9. The molecule has 2 N–H and O–H groups in total. The highest BCUT2D eigenvalue weighted by Crippen LogP contribution is 2.43. The molecule has 1 aliphatic rings. The van der Waals surface area contributed by atoms with E-state index in [1.165, 1.54) is 0 Å². The standard InChI is InChI=1S/C28H29N5O3S2/c1-4-36-22-13-10-20(11-14-22)32-17-7-9-25(32)27-26(24-8-5-6-16-29-24)30-28(37)33(27)21-12-15-23(19(2)18-21)31-38(3,34)35/h5-18,26-27,31H,4H2,1-3H3,(H,30,37)/t26-,27-/m0/s1. The van der Waals surface area contributed by atoms with E-state index >= 15 is 0 Å². The maximum Gasteiger partial charge on any atom is 0.229 e. The monoisotopic (exact) mass is 547 g/mol. The van der Waals surface area contributed by atoms with Crippen LogP contribution in [0.5, 0.6) is 5.75 Å². The minimum Gasteiger partial charge on any atom is -0.494 e. The van der Waals surface area contributed by atoms with Crippen molar-refractivity contribution in [1.82, 2.24) is 14.9 Å². The van der Waals surface area contributed by atoms with Crippen LogP contribution in [-0.4, -0.2) is 35.9 Å². The number of pyridine rings is 1. The number of hydrogen-bond donors (Lipinski definition) is 2. The van der Waals surface area contributed by atoms with Gasteiger partial charge in [-0.15, -0.1) is 0 Å². The Morgan fingerprint density at radius 2 is 1.82 bits per heavy atom. The number of aromatic nitrogens is 2. The SMILES string of the molecule is CCOc1ccc(-n2cccc2[C@H]2[C@H](c3ccccn3)NC(=S)N2c2ccc(NS(C)(=O)=O)c(C)c2)cc1. The molecule has 4 aromatic rings. The lowest BCUT2D eigenvalue weighted by Crippen LogP contribution is -2.30. The van der Waals surface area contributed by atoms with Crippen LogP contribution in [0.25, 0.3) is 5.69 Å². The second kappa shape index (κ2) is 10.5. The van der Waals surface area contributed by atoms with Crippen LogP contribution in [0.3, 0.4) is 0 Å². The first-order chi connectivity index (χ1) is 18.2. The smallest absolute Gasteiger partial charge is 0.229 e. The summed E-state index contributed by atoms with van der Waals surface area (Å²) in [7, 11) is -3.40. The van der Waals surface area contributed by atoms with Crippen LogP contribution in [0.2, 0.25) is 0 Å². The third-order valence-corrected chi connectivity index (χ3v) is 7.30. The summed E-state index contributed by atoms with van der Waals surface area (Å²) < 4.78 is 34.0. The number of nitrogens with zero attached hydrogens (tertiary/aromatic N) is 3. The average Bonchev–Trinajstić information content (AvgIpc) is 3.50. The van der Waals surface area contributed by atoms with Crippen LogP contribution in [0, 0.1) is 6.92 Å². The Bertz CT molecular complexity index is 1550. The molecule has 0 amide bonds. The van der Waals surface area contributed by atoms with Crippen molar-refractivity contribution in [3.63, 3.8) is 0 Å². The van der Waals surface area contributed by atoms with Crippen molar-refractivity contribution < 1.29 is 13.2 Å². The van der Waals surface area contributed by atoms with E-state index in [4.69, 9.17) is 17.0 Å². The van der Waals surface area contributed by atoms with Gasteiger partial charge in [0, 0.05) is 29.5 Å². The second-order valence-corrected chi connectivity index (χ2v) is 11.2. The van der Waals surface area contributed by atoms with E-state index in [0.717, 1.165) is 40.3 Å². The third-order valence-electron chi connectivity index (χ3n) is 6.39. The van der Waals surface area contributed by atoms with Crippen molar-refractivity contribution in [2.75, 3.05) is 22.5 Å². The first kappa shape index (κ1) is 25.7. The topological polar surface area (TPSA) is 88.5 Å². The molecule has 0 unspecified atom stereocenters.